The monoisotopic (exact) mass is 391 g/mol. The summed E-state index contributed by atoms with van der Waals surface area (Å²) in [6, 6.07) is 0. The Labute approximate surface area is 172 Å². The zero-order valence-electron chi connectivity index (χ0n) is 18.2. The van der Waals surface area contributed by atoms with Gasteiger partial charge in [-0.2, -0.15) is 0 Å². The van der Waals surface area contributed by atoms with Crippen LogP contribution in [0.5, 0.6) is 0 Å². The van der Waals surface area contributed by atoms with E-state index < -0.39 is 17.6 Å². The molecule has 2 unspecified atom stereocenters. The van der Waals surface area contributed by atoms with Gasteiger partial charge in [0.05, 0.1) is 0 Å². The van der Waals surface area contributed by atoms with E-state index in [1.165, 1.54) is 57.4 Å². The van der Waals surface area contributed by atoms with Crippen LogP contribution in [0.1, 0.15) is 104 Å². The van der Waals surface area contributed by atoms with Gasteiger partial charge in [-0.15, -0.1) is 0 Å². The molecule has 0 aromatic heterocycles. The molecule has 1 rings (SSSR count). The van der Waals surface area contributed by atoms with Crippen LogP contribution in [0.4, 0.5) is 0 Å². The van der Waals surface area contributed by atoms with Gasteiger partial charge in [-0.05, 0) is 19.3 Å². The minimum absolute atomic E-state index is 0.0323. The van der Waals surface area contributed by atoms with Crippen molar-refractivity contribution < 1.29 is 14.3 Å². The maximum atomic E-state index is 12.5. The summed E-state index contributed by atoms with van der Waals surface area (Å²) in [6.07, 6.45) is 18.3. The van der Waals surface area contributed by atoms with E-state index >= 15 is 0 Å². The number of amides is 1. The lowest BCUT2D eigenvalue weighted by Gasteiger charge is -2.25. The third-order valence-corrected chi connectivity index (χ3v) is 5.84. The van der Waals surface area contributed by atoms with E-state index in [0.717, 1.165) is 32.1 Å². The van der Waals surface area contributed by atoms with Gasteiger partial charge in [-0.3, -0.25) is 9.69 Å². The molecule has 1 fully saturated rings. The molecular weight excluding hydrogens is 350 g/mol. The lowest BCUT2D eigenvalue weighted by molar-refractivity contribution is -0.146. The average Bonchev–Trinajstić information content (AvgIpc) is 3.29. The molecule has 2 atom stereocenters. The molecule has 1 aliphatic heterocycles. The second-order valence-electron chi connectivity index (χ2n) is 7.99. The summed E-state index contributed by atoms with van der Waals surface area (Å²) in [5, 5.41) is 0. The van der Waals surface area contributed by atoms with Crippen molar-refractivity contribution in [3.63, 3.8) is 0 Å². The predicted octanol–water partition coefficient (Wildman–Crippen LogP) is 6.31. The van der Waals surface area contributed by atoms with Crippen molar-refractivity contribution >= 4 is 11.9 Å². The lowest BCUT2D eigenvalue weighted by Crippen LogP contribution is -2.37. The number of carbonyl (C=O) groups is 2. The van der Waals surface area contributed by atoms with Crippen LogP contribution in [0.15, 0.2) is 25.4 Å². The maximum absolute atomic E-state index is 12.5. The van der Waals surface area contributed by atoms with Crippen LogP contribution in [-0.4, -0.2) is 28.4 Å². The van der Waals surface area contributed by atoms with Gasteiger partial charge in [0.1, 0.15) is 6.10 Å². The molecule has 4 heteroatoms. The van der Waals surface area contributed by atoms with Gasteiger partial charge >= 0.3 is 5.97 Å². The standard InChI is InChI=1S/C24H41NO3/c1-5-9-11-12-13-14-15-16-17-18-19-21(28-22(26)7-3)24(20-10-6-2)23(27)25(24)8-4/h7-8,21H,3-6,9-20H2,1-2H3. The van der Waals surface area contributed by atoms with Crippen molar-refractivity contribution in [1.29, 1.82) is 0 Å². The van der Waals surface area contributed by atoms with Crippen LogP contribution in [0.3, 0.4) is 0 Å². The second-order valence-corrected chi connectivity index (χ2v) is 7.99. The Morgan fingerprint density at radius 2 is 1.50 bits per heavy atom. The van der Waals surface area contributed by atoms with E-state index in [1.807, 2.05) is 0 Å². The number of ether oxygens (including phenoxy) is 1. The first-order valence-electron chi connectivity index (χ1n) is 11.4. The number of esters is 1. The summed E-state index contributed by atoms with van der Waals surface area (Å²) in [5.41, 5.74) is -0.699. The maximum Gasteiger partial charge on any atom is 0.330 e. The summed E-state index contributed by atoms with van der Waals surface area (Å²) in [4.78, 5) is 26.0. The zero-order chi connectivity index (χ0) is 20.8. The first-order chi connectivity index (χ1) is 13.6. The highest BCUT2D eigenvalue weighted by molar-refractivity contribution is 6.04. The van der Waals surface area contributed by atoms with Gasteiger partial charge < -0.3 is 4.74 Å². The molecule has 0 aromatic carbocycles. The third kappa shape index (κ3) is 7.10. The highest BCUT2D eigenvalue weighted by atomic mass is 16.5. The molecule has 160 valence electrons. The topological polar surface area (TPSA) is 46.4 Å². The Morgan fingerprint density at radius 3 is 1.96 bits per heavy atom. The second kappa shape index (κ2) is 13.6. The van der Waals surface area contributed by atoms with Crippen LogP contribution in [0.2, 0.25) is 0 Å². The first-order valence-corrected chi connectivity index (χ1v) is 11.4. The Morgan fingerprint density at radius 1 is 0.964 bits per heavy atom. The molecule has 1 heterocycles. The van der Waals surface area contributed by atoms with E-state index in [0.29, 0.717) is 6.42 Å². The minimum Gasteiger partial charge on any atom is -0.456 e. The number of unbranched alkanes of at least 4 members (excludes halogenated alkanes) is 10. The lowest BCUT2D eigenvalue weighted by atomic mass is 9.91. The van der Waals surface area contributed by atoms with Crippen molar-refractivity contribution in [1.82, 2.24) is 4.90 Å². The zero-order valence-corrected chi connectivity index (χ0v) is 18.2. The van der Waals surface area contributed by atoms with Gasteiger partial charge in [0, 0.05) is 12.3 Å². The van der Waals surface area contributed by atoms with Gasteiger partial charge in [0.15, 0.2) is 5.54 Å². The van der Waals surface area contributed by atoms with Crippen LogP contribution in [-0.2, 0) is 14.3 Å². The van der Waals surface area contributed by atoms with Crippen molar-refractivity contribution in [2.75, 3.05) is 0 Å². The first kappa shape index (κ1) is 24.5. The van der Waals surface area contributed by atoms with Gasteiger partial charge in [-0.1, -0.05) is 97.6 Å². The molecule has 0 bridgehead atoms. The minimum atomic E-state index is -0.699. The highest BCUT2D eigenvalue weighted by Crippen LogP contribution is 2.45. The molecule has 1 amide bonds. The molecule has 28 heavy (non-hydrogen) atoms. The third-order valence-electron chi connectivity index (χ3n) is 5.84. The van der Waals surface area contributed by atoms with Crippen LogP contribution in [0.25, 0.3) is 0 Å². The molecule has 0 N–H and O–H groups in total. The Balaban J connectivity index is 2.45. The van der Waals surface area contributed by atoms with Crippen molar-refractivity contribution in [3.05, 3.63) is 25.4 Å². The number of hydrogen-bond donors (Lipinski definition) is 0. The molecular formula is C24H41NO3. The quantitative estimate of drug-likeness (QED) is 0.119. The molecule has 0 aromatic rings. The van der Waals surface area contributed by atoms with E-state index in [1.54, 1.807) is 11.1 Å². The fourth-order valence-electron chi connectivity index (χ4n) is 4.07. The van der Waals surface area contributed by atoms with Gasteiger partial charge in [0.25, 0.3) is 5.91 Å². The summed E-state index contributed by atoms with van der Waals surface area (Å²) in [6.45, 7) is 11.6. The Bertz CT molecular complexity index is 502. The van der Waals surface area contributed by atoms with E-state index in [2.05, 4.69) is 27.0 Å². The predicted molar refractivity (Wildman–Crippen MR) is 116 cm³/mol. The fraction of sp³-hybridized carbons (Fsp3) is 0.750. The average molecular weight is 392 g/mol. The van der Waals surface area contributed by atoms with Crippen LogP contribution in [0, 0.1) is 0 Å². The number of carbonyl (C=O) groups excluding carboxylic acids is 2. The fourth-order valence-corrected chi connectivity index (χ4v) is 4.07. The Hall–Kier alpha value is -1.58. The number of nitrogens with zero attached hydrogens (tertiary/aromatic N) is 1. The van der Waals surface area contributed by atoms with E-state index in [9.17, 15) is 9.59 Å². The van der Waals surface area contributed by atoms with Crippen LogP contribution >= 0.6 is 0 Å². The SMILES string of the molecule is C=CC(=O)OC(CCCCCCCCCCCC)C1(CCCC)C(=O)N1C=C. The van der Waals surface area contributed by atoms with E-state index in [4.69, 9.17) is 4.74 Å². The Kier molecular flexibility index (Phi) is 11.9. The smallest absolute Gasteiger partial charge is 0.330 e. The number of rotatable bonds is 18. The molecule has 0 radical (unpaired) electrons. The van der Waals surface area contributed by atoms with Crippen LogP contribution < -0.4 is 0 Å². The van der Waals surface area contributed by atoms with Crippen molar-refractivity contribution in [3.8, 4) is 0 Å². The molecule has 0 aliphatic carbocycles. The van der Waals surface area contributed by atoms with Crippen molar-refractivity contribution in [2.24, 2.45) is 0 Å². The normalized spacial score (nSPS) is 19.4. The molecule has 0 spiro atoms. The summed E-state index contributed by atoms with van der Waals surface area (Å²) in [5.74, 6) is -0.415. The summed E-state index contributed by atoms with van der Waals surface area (Å²) < 4.78 is 5.64. The molecule has 0 saturated carbocycles. The molecule has 1 aliphatic rings. The molecule has 4 nitrogen and oxygen atoms in total. The largest absolute Gasteiger partial charge is 0.456 e. The van der Waals surface area contributed by atoms with Gasteiger partial charge in [-0.25, -0.2) is 4.79 Å². The molecule has 1 saturated heterocycles. The number of hydrogen-bond acceptors (Lipinski definition) is 3. The van der Waals surface area contributed by atoms with Gasteiger partial charge in [0.2, 0.25) is 0 Å². The summed E-state index contributed by atoms with van der Waals surface area (Å²) >= 11 is 0. The summed E-state index contributed by atoms with van der Waals surface area (Å²) in [7, 11) is 0. The highest BCUT2D eigenvalue weighted by Gasteiger charge is 2.66. The van der Waals surface area contributed by atoms with E-state index in [-0.39, 0.29) is 5.91 Å². The van der Waals surface area contributed by atoms with Crippen molar-refractivity contribution in [2.45, 2.75) is 115 Å².